The molecule has 0 radical (unpaired) electrons. The van der Waals surface area contributed by atoms with Crippen molar-refractivity contribution < 1.29 is 9.90 Å². The molecule has 1 aromatic heterocycles. The van der Waals surface area contributed by atoms with Crippen LogP contribution in [0.1, 0.15) is 28.8 Å². The van der Waals surface area contributed by atoms with Crippen molar-refractivity contribution in [1.82, 2.24) is 14.9 Å². The molecule has 4 rings (SSSR count). The summed E-state index contributed by atoms with van der Waals surface area (Å²) in [5, 5.41) is 9.90. The molecule has 7 heteroatoms. The van der Waals surface area contributed by atoms with Crippen LogP contribution in [0.3, 0.4) is 0 Å². The minimum absolute atomic E-state index is 0.210. The Balaban J connectivity index is 1.60. The standard InChI is InChI=1S/C20H21ClN4O2/c21-14-8-16(19(22)27)18-17(9-14)23-20(24-18)13-5-3-12(4-6-13)10-25-7-1-2-15(25)11-26/h3-6,8-9,15,26H,1-2,7,10-11H2,(H2,22,27)(H,23,24)/t15-/m0/s1. The van der Waals surface area contributed by atoms with Gasteiger partial charge >= 0.3 is 0 Å². The fourth-order valence-corrected chi connectivity index (χ4v) is 3.94. The van der Waals surface area contributed by atoms with Crippen molar-refractivity contribution in [3.8, 4) is 11.4 Å². The van der Waals surface area contributed by atoms with Crippen LogP contribution in [-0.4, -0.2) is 45.1 Å². The van der Waals surface area contributed by atoms with Crippen LogP contribution in [0.5, 0.6) is 0 Å². The first-order valence-electron chi connectivity index (χ1n) is 8.98. The lowest BCUT2D eigenvalue weighted by molar-refractivity contribution is 0.100. The lowest BCUT2D eigenvalue weighted by atomic mass is 10.1. The first kappa shape index (κ1) is 18.0. The second-order valence-electron chi connectivity index (χ2n) is 6.95. The predicted molar refractivity (Wildman–Crippen MR) is 106 cm³/mol. The molecule has 0 unspecified atom stereocenters. The number of aliphatic hydroxyl groups is 1. The monoisotopic (exact) mass is 384 g/mol. The fraction of sp³-hybridized carbons (Fsp3) is 0.300. The molecule has 0 saturated carbocycles. The van der Waals surface area contributed by atoms with E-state index in [1.165, 1.54) is 11.6 Å². The van der Waals surface area contributed by atoms with Gasteiger partial charge in [-0.1, -0.05) is 35.9 Å². The smallest absolute Gasteiger partial charge is 0.251 e. The lowest BCUT2D eigenvalue weighted by Crippen LogP contribution is -2.31. The summed E-state index contributed by atoms with van der Waals surface area (Å²) in [5.41, 5.74) is 9.06. The molecule has 27 heavy (non-hydrogen) atoms. The summed E-state index contributed by atoms with van der Waals surface area (Å²) in [4.78, 5) is 21.7. The number of carbonyl (C=O) groups is 1. The van der Waals surface area contributed by atoms with Crippen LogP contribution in [-0.2, 0) is 6.54 Å². The number of rotatable bonds is 5. The summed E-state index contributed by atoms with van der Waals surface area (Å²) < 4.78 is 0. The van der Waals surface area contributed by atoms with Crippen LogP contribution in [0.4, 0.5) is 0 Å². The molecule has 6 nitrogen and oxygen atoms in total. The average Bonchev–Trinajstić information content (AvgIpc) is 3.27. The normalized spacial score (nSPS) is 17.6. The molecule has 4 N–H and O–H groups in total. The number of hydrogen-bond acceptors (Lipinski definition) is 4. The van der Waals surface area contributed by atoms with Gasteiger partial charge in [-0.15, -0.1) is 0 Å². The van der Waals surface area contributed by atoms with Crippen molar-refractivity contribution in [3.05, 3.63) is 52.5 Å². The number of imidazole rings is 1. The van der Waals surface area contributed by atoms with E-state index in [-0.39, 0.29) is 12.6 Å². The molecule has 3 aromatic rings. The number of aliphatic hydroxyl groups excluding tert-OH is 1. The van der Waals surface area contributed by atoms with Gasteiger partial charge in [0.1, 0.15) is 11.3 Å². The molecular formula is C20H21ClN4O2. The quantitative estimate of drug-likeness (QED) is 0.630. The number of aromatic nitrogens is 2. The molecule has 140 valence electrons. The van der Waals surface area contributed by atoms with E-state index in [0.29, 0.717) is 27.4 Å². The topological polar surface area (TPSA) is 95.2 Å². The van der Waals surface area contributed by atoms with Gasteiger partial charge in [0.05, 0.1) is 17.7 Å². The number of aromatic amines is 1. The van der Waals surface area contributed by atoms with E-state index in [9.17, 15) is 9.90 Å². The van der Waals surface area contributed by atoms with Crippen LogP contribution in [0, 0.1) is 0 Å². The number of likely N-dealkylation sites (tertiary alicyclic amines) is 1. The number of primary amides is 1. The van der Waals surface area contributed by atoms with Gasteiger partial charge in [0.25, 0.3) is 5.91 Å². The summed E-state index contributed by atoms with van der Waals surface area (Å²) >= 11 is 6.07. The Labute approximate surface area is 162 Å². The third-order valence-electron chi connectivity index (χ3n) is 5.14. The highest BCUT2D eigenvalue weighted by Crippen LogP contribution is 2.27. The maximum Gasteiger partial charge on any atom is 0.251 e. The van der Waals surface area contributed by atoms with E-state index >= 15 is 0 Å². The van der Waals surface area contributed by atoms with E-state index in [1.54, 1.807) is 6.07 Å². The Morgan fingerprint density at radius 3 is 2.81 bits per heavy atom. The maximum absolute atomic E-state index is 11.7. The van der Waals surface area contributed by atoms with Crippen molar-refractivity contribution in [1.29, 1.82) is 0 Å². The molecule has 0 aliphatic carbocycles. The molecular weight excluding hydrogens is 364 g/mol. The molecule has 0 bridgehead atoms. The van der Waals surface area contributed by atoms with Gasteiger partial charge in [-0.25, -0.2) is 4.98 Å². The summed E-state index contributed by atoms with van der Waals surface area (Å²) in [5.74, 6) is 0.107. The van der Waals surface area contributed by atoms with Gasteiger partial charge < -0.3 is 15.8 Å². The zero-order valence-electron chi connectivity index (χ0n) is 14.8. The Morgan fingerprint density at radius 1 is 1.33 bits per heavy atom. The summed E-state index contributed by atoms with van der Waals surface area (Å²) in [7, 11) is 0. The van der Waals surface area contributed by atoms with Gasteiger partial charge in [-0.2, -0.15) is 0 Å². The fourth-order valence-electron chi connectivity index (χ4n) is 3.72. The van der Waals surface area contributed by atoms with Crippen molar-refractivity contribution in [2.75, 3.05) is 13.2 Å². The number of nitrogens with two attached hydrogens (primary N) is 1. The molecule has 1 amide bonds. The second-order valence-corrected chi connectivity index (χ2v) is 7.38. The lowest BCUT2D eigenvalue weighted by Gasteiger charge is -2.22. The first-order valence-corrected chi connectivity index (χ1v) is 9.36. The molecule has 1 fully saturated rings. The number of fused-ring (bicyclic) bond motifs is 1. The molecule has 0 spiro atoms. The highest BCUT2D eigenvalue weighted by atomic mass is 35.5. The van der Waals surface area contributed by atoms with Crippen molar-refractivity contribution in [2.45, 2.75) is 25.4 Å². The largest absolute Gasteiger partial charge is 0.395 e. The Morgan fingerprint density at radius 2 is 2.11 bits per heavy atom. The zero-order valence-corrected chi connectivity index (χ0v) is 15.5. The number of benzene rings is 2. The van der Waals surface area contributed by atoms with Crippen molar-refractivity contribution in [2.24, 2.45) is 5.73 Å². The summed E-state index contributed by atoms with van der Waals surface area (Å²) in [6, 6.07) is 11.7. The van der Waals surface area contributed by atoms with Crippen molar-refractivity contribution in [3.63, 3.8) is 0 Å². The number of nitrogens with one attached hydrogen (secondary N) is 1. The van der Waals surface area contributed by atoms with E-state index in [4.69, 9.17) is 17.3 Å². The van der Waals surface area contributed by atoms with Crippen LogP contribution in [0.25, 0.3) is 22.4 Å². The Kier molecular flexibility index (Phi) is 4.86. The number of nitrogens with zero attached hydrogens (tertiary/aromatic N) is 2. The average molecular weight is 385 g/mol. The summed E-state index contributed by atoms with van der Waals surface area (Å²) in [6.45, 7) is 2.06. The van der Waals surface area contributed by atoms with Gasteiger partial charge in [0, 0.05) is 23.2 Å². The van der Waals surface area contributed by atoms with E-state index in [1.807, 2.05) is 12.1 Å². The van der Waals surface area contributed by atoms with Crippen LogP contribution < -0.4 is 5.73 Å². The Hall–Kier alpha value is -2.41. The SMILES string of the molecule is NC(=O)c1cc(Cl)cc2[nH]c(-c3ccc(CN4CCC[C@H]4CO)cc3)nc12. The number of halogens is 1. The molecule has 1 aliphatic heterocycles. The molecule has 2 heterocycles. The minimum Gasteiger partial charge on any atom is -0.395 e. The van der Waals surface area contributed by atoms with E-state index in [2.05, 4.69) is 27.0 Å². The molecule has 1 atom stereocenters. The molecule has 2 aromatic carbocycles. The zero-order chi connectivity index (χ0) is 19.0. The first-order chi connectivity index (χ1) is 13.0. The highest BCUT2D eigenvalue weighted by molar-refractivity contribution is 6.32. The van der Waals surface area contributed by atoms with Gasteiger partial charge in [-0.3, -0.25) is 9.69 Å². The highest BCUT2D eigenvalue weighted by Gasteiger charge is 2.23. The number of H-pyrrole nitrogens is 1. The van der Waals surface area contributed by atoms with E-state index in [0.717, 1.165) is 31.5 Å². The summed E-state index contributed by atoms with van der Waals surface area (Å²) in [6.07, 6.45) is 2.19. The second kappa shape index (κ2) is 7.31. The third kappa shape index (κ3) is 3.56. The Bertz CT molecular complexity index is 984. The third-order valence-corrected chi connectivity index (χ3v) is 5.36. The number of amides is 1. The minimum atomic E-state index is -0.556. The van der Waals surface area contributed by atoms with E-state index < -0.39 is 5.91 Å². The van der Waals surface area contributed by atoms with Crippen LogP contribution >= 0.6 is 11.6 Å². The maximum atomic E-state index is 11.7. The molecule has 1 aliphatic rings. The number of carbonyl (C=O) groups excluding carboxylic acids is 1. The van der Waals surface area contributed by atoms with Gasteiger partial charge in [0.15, 0.2) is 0 Å². The van der Waals surface area contributed by atoms with Crippen LogP contribution in [0.15, 0.2) is 36.4 Å². The predicted octanol–water partition coefficient (Wildman–Crippen LogP) is 2.94. The van der Waals surface area contributed by atoms with Crippen molar-refractivity contribution >= 4 is 28.5 Å². The van der Waals surface area contributed by atoms with Gasteiger partial charge in [-0.05, 0) is 37.1 Å². The van der Waals surface area contributed by atoms with Crippen LogP contribution in [0.2, 0.25) is 5.02 Å². The molecule has 1 saturated heterocycles. The number of hydrogen-bond donors (Lipinski definition) is 3. The van der Waals surface area contributed by atoms with Gasteiger partial charge in [0.2, 0.25) is 0 Å².